The summed E-state index contributed by atoms with van der Waals surface area (Å²) in [6, 6.07) is 1.52. The van der Waals surface area contributed by atoms with Crippen molar-refractivity contribution in [3.05, 3.63) is 28.5 Å². The van der Waals surface area contributed by atoms with Crippen LogP contribution in [0.1, 0.15) is 16.8 Å². The van der Waals surface area contributed by atoms with Gasteiger partial charge in [-0.1, -0.05) is 11.6 Å². The van der Waals surface area contributed by atoms with Gasteiger partial charge < -0.3 is 9.47 Å². The van der Waals surface area contributed by atoms with Crippen LogP contribution in [0.2, 0.25) is 5.02 Å². The molecule has 0 aromatic heterocycles. The number of hydrogen-bond acceptors (Lipinski definition) is 5. The molecule has 0 radical (unpaired) electrons. The Morgan fingerprint density at radius 1 is 1.45 bits per heavy atom. The van der Waals surface area contributed by atoms with Crippen LogP contribution in [0.3, 0.4) is 0 Å². The van der Waals surface area contributed by atoms with Crippen molar-refractivity contribution in [2.45, 2.75) is 17.4 Å². The third-order valence-electron chi connectivity index (χ3n) is 2.66. The van der Waals surface area contributed by atoms with E-state index in [2.05, 4.69) is 0 Å². The molecule has 110 valence electrons. The first-order valence-corrected chi connectivity index (χ1v) is 8.20. The molecule has 0 bridgehead atoms. The zero-order valence-electron chi connectivity index (χ0n) is 9.94. The number of esters is 1. The van der Waals surface area contributed by atoms with Crippen LogP contribution in [0.15, 0.2) is 17.0 Å². The van der Waals surface area contributed by atoms with Crippen LogP contribution in [-0.2, 0) is 18.5 Å². The first kappa shape index (κ1) is 15.5. The lowest BCUT2D eigenvalue weighted by Crippen LogP contribution is -2.19. The Bertz CT molecular complexity index is 640. The smallest absolute Gasteiger partial charge is 0.340 e. The summed E-state index contributed by atoms with van der Waals surface area (Å²) in [5, 5.41) is -0.516. The fourth-order valence-electron chi connectivity index (χ4n) is 1.67. The van der Waals surface area contributed by atoms with Crippen molar-refractivity contribution in [2.24, 2.45) is 0 Å². The summed E-state index contributed by atoms with van der Waals surface area (Å²) < 4.78 is 46.0. The molecule has 2 rings (SSSR count). The van der Waals surface area contributed by atoms with Crippen LogP contribution in [-0.4, -0.2) is 33.7 Å². The Labute approximate surface area is 124 Å². The predicted octanol–water partition coefficient (Wildman–Crippen LogP) is 2.35. The number of hydrogen-bond donors (Lipinski definition) is 0. The lowest BCUT2D eigenvalue weighted by molar-refractivity contribution is 0.0270. The molecule has 0 spiro atoms. The molecule has 1 aliphatic rings. The molecule has 9 heteroatoms. The van der Waals surface area contributed by atoms with E-state index in [0.29, 0.717) is 19.1 Å². The van der Waals surface area contributed by atoms with Gasteiger partial charge in [-0.3, -0.25) is 0 Å². The minimum absolute atomic E-state index is 0.235. The zero-order chi connectivity index (χ0) is 14.9. The van der Waals surface area contributed by atoms with Gasteiger partial charge in [-0.25, -0.2) is 17.6 Å². The van der Waals surface area contributed by atoms with Crippen molar-refractivity contribution in [1.29, 1.82) is 0 Å². The monoisotopic (exact) mass is 342 g/mol. The average molecular weight is 343 g/mol. The highest BCUT2D eigenvalue weighted by Crippen LogP contribution is 2.27. The first-order valence-electron chi connectivity index (χ1n) is 5.51. The summed E-state index contributed by atoms with van der Waals surface area (Å²) in [5.74, 6) is -1.99. The van der Waals surface area contributed by atoms with Gasteiger partial charge in [-0.15, -0.1) is 0 Å². The SMILES string of the molecule is O=C(OC1CCOC1)c1cc(S(=O)(=O)Cl)cc(F)c1Cl. The van der Waals surface area contributed by atoms with Gasteiger partial charge in [0.2, 0.25) is 0 Å². The maximum atomic E-state index is 13.6. The number of rotatable bonds is 3. The van der Waals surface area contributed by atoms with Crippen molar-refractivity contribution in [3.63, 3.8) is 0 Å². The van der Waals surface area contributed by atoms with E-state index in [9.17, 15) is 17.6 Å². The minimum atomic E-state index is -4.18. The summed E-state index contributed by atoms with van der Waals surface area (Å²) in [4.78, 5) is 11.3. The Kier molecular flexibility index (Phi) is 4.53. The Balaban J connectivity index is 2.34. The Hall–Kier alpha value is -0.890. The molecule has 1 unspecified atom stereocenters. The number of halogens is 3. The van der Waals surface area contributed by atoms with Crippen LogP contribution >= 0.6 is 22.3 Å². The molecular weight excluding hydrogens is 334 g/mol. The average Bonchev–Trinajstić information content (AvgIpc) is 2.83. The van der Waals surface area contributed by atoms with E-state index in [1.54, 1.807) is 0 Å². The normalized spacial score (nSPS) is 19.1. The van der Waals surface area contributed by atoms with Crippen LogP contribution < -0.4 is 0 Å². The highest BCUT2D eigenvalue weighted by molar-refractivity contribution is 8.13. The highest BCUT2D eigenvalue weighted by Gasteiger charge is 2.25. The molecule has 1 fully saturated rings. The van der Waals surface area contributed by atoms with Gasteiger partial charge in [0.25, 0.3) is 9.05 Å². The van der Waals surface area contributed by atoms with E-state index < -0.39 is 42.4 Å². The van der Waals surface area contributed by atoms with Gasteiger partial charge in [0.15, 0.2) is 0 Å². The van der Waals surface area contributed by atoms with Gasteiger partial charge in [0.05, 0.1) is 28.7 Å². The van der Waals surface area contributed by atoms with Gasteiger partial charge in [0.1, 0.15) is 11.9 Å². The quantitative estimate of drug-likeness (QED) is 0.622. The van der Waals surface area contributed by atoms with Crippen LogP contribution in [0.5, 0.6) is 0 Å². The minimum Gasteiger partial charge on any atom is -0.456 e. The van der Waals surface area contributed by atoms with Crippen LogP contribution in [0, 0.1) is 5.82 Å². The summed E-state index contributed by atoms with van der Waals surface area (Å²) in [5.41, 5.74) is -0.391. The predicted molar refractivity (Wildman–Crippen MR) is 69.1 cm³/mol. The van der Waals surface area contributed by atoms with Crippen LogP contribution in [0.4, 0.5) is 4.39 Å². The number of benzene rings is 1. The van der Waals surface area contributed by atoms with Crippen molar-refractivity contribution < 1.29 is 27.1 Å². The molecule has 1 aromatic rings. The van der Waals surface area contributed by atoms with E-state index in [-0.39, 0.29) is 6.61 Å². The van der Waals surface area contributed by atoms with Gasteiger partial charge in [-0.05, 0) is 12.1 Å². The highest BCUT2D eigenvalue weighted by atomic mass is 35.7. The molecule has 1 atom stereocenters. The summed E-state index contributed by atoms with van der Waals surface area (Å²) in [6.07, 6.45) is 0.0529. The van der Waals surface area contributed by atoms with E-state index in [1.807, 2.05) is 0 Å². The molecule has 0 N–H and O–H groups in total. The molecule has 0 saturated carbocycles. The second kappa shape index (κ2) is 5.85. The summed E-state index contributed by atoms with van der Waals surface area (Å²) >= 11 is 5.65. The van der Waals surface area contributed by atoms with Crippen molar-refractivity contribution in [2.75, 3.05) is 13.2 Å². The lowest BCUT2D eigenvalue weighted by Gasteiger charge is -2.12. The largest absolute Gasteiger partial charge is 0.456 e. The van der Waals surface area contributed by atoms with E-state index in [1.165, 1.54) is 0 Å². The van der Waals surface area contributed by atoms with Crippen molar-refractivity contribution in [1.82, 2.24) is 0 Å². The second-order valence-electron chi connectivity index (χ2n) is 4.10. The molecule has 1 aromatic carbocycles. The molecule has 20 heavy (non-hydrogen) atoms. The summed E-state index contributed by atoms with van der Waals surface area (Å²) in [7, 11) is 0.936. The molecule has 5 nitrogen and oxygen atoms in total. The molecule has 0 aliphatic carbocycles. The number of ether oxygens (including phenoxy) is 2. The van der Waals surface area contributed by atoms with E-state index in [0.717, 1.165) is 6.07 Å². The number of carbonyl (C=O) groups excluding carboxylic acids is 1. The fraction of sp³-hybridized carbons (Fsp3) is 0.364. The molecule has 1 heterocycles. The first-order chi connectivity index (χ1) is 9.29. The topological polar surface area (TPSA) is 69.7 Å². The summed E-state index contributed by atoms with van der Waals surface area (Å²) in [6.45, 7) is 0.690. The third kappa shape index (κ3) is 3.41. The lowest BCUT2D eigenvalue weighted by atomic mass is 10.2. The van der Waals surface area contributed by atoms with E-state index >= 15 is 0 Å². The number of carbonyl (C=O) groups is 1. The Morgan fingerprint density at radius 2 is 2.15 bits per heavy atom. The molecule has 0 amide bonds. The second-order valence-corrected chi connectivity index (χ2v) is 7.04. The molecule has 1 aliphatic heterocycles. The van der Waals surface area contributed by atoms with Crippen LogP contribution in [0.25, 0.3) is 0 Å². The Morgan fingerprint density at radius 3 is 2.70 bits per heavy atom. The maximum Gasteiger partial charge on any atom is 0.340 e. The van der Waals surface area contributed by atoms with Crippen molar-refractivity contribution in [3.8, 4) is 0 Å². The zero-order valence-corrected chi connectivity index (χ0v) is 12.3. The van der Waals surface area contributed by atoms with Gasteiger partial charge >= 0.3 is 5.97 Å². The van der Waals surface area contributed by atoms with Gasteiger partial charge in [0, 0.05) is 17.1 Å². The van der Waals surface area contributed by atoms with Gasteiger partial charge in [-0.2, -0.15) is 0 Å². The van der Waals surface area contributed by atoms with Crippen molar-refractivity contribution >= 4 is 37.3 Å². The van der Waals surface area contributed by atoms with E-state index in [4.69, 9.17) is 31.8 Å². The fourth-order valence-corrected chi connectivity index (χ4v) is 2.63. The third-order valence-corrected chi connectivity index (χ3v) is 4.38. The molecule has 1 saturated heterocycles. The molecular formula is C11H9Cl2FO5S. The maximum absolute atomic E-state index is 13.6. The standard InChI is InChI=1S/C11H9Cl2FO5S/c12-10-8(11(15)19-6-1-2-18-5-6)3-7(4-9(10)14)20(13,16)17/h3-4,6H,1-2,5H2.